The molecule has 0 heterocycles. The third kappa shape index (κ3) is 4.89. The topological polar surface area (TPSA) is 50.4 Å². The molecule has 0 spiro atoms. The minimum absolute atomic E-state index is 0.0124. The van der Waals surface area contributed by atoms with Gasteiger partial charge in [-0.2, -0.15) is 0 Å². The van der Waals surface area contributed by atoms with Gasteiger partial charge in [-0.25, -0.2) is 4.79 Å². The first-order chi connectivity index (χ1) is 11.0. The molecular weight excluding hydrogens is 312 g/mol. The average molecular weight is 333 g/mol. The quantitative estimate of drug-likeness (QED) is 0.852. The van der Waals surface area contributed by atoms with Crippen molar-refractivity contribution in [3.8, 4) is 5.75 Å². The highest BCUT2D eigenvalue weighted by molar-refractivity contribution is 6.31. The van der Waals surface area contributed by atoms with E-state index in [0.29, 0.717) is 10.7 Å². The minimum Gasteiger partial charge on any atom is -0.497 e. The zero-order valence-electron chi connectivity index (χ0n) is 13.5. The zero-order valence-corrected chi connectivity index (χ0v) is 14.3. The van der Waals surface area contributed by atoms with Gasteiger partial charge in [0.15, 0.2) is 0 Å². The highest BCUT2D eigenvalue weighted by atomic mass is 35.5. The Labute approximate surface area is 141 Å². The molecule has 122 valence electrons. The summed E-state index contributed by atoms with van der Waals surface area (Å²) in [6.07, 6.45) is 0.721. The first kappa shape index (κ1) is 17.2. The van der Waals surface area contributed by atoms with Crippen molar-refractivity contribution in [2.75, 3.05) is 12.4 Å². The highest BCUT2D eigenvalue weighted by Crippen LogP contribution is 2.22. The Bertz CT molecular complexity index is 688. The molecule has 1 atom stereocenters. The maximum absolute atomic E-state index is 12.1. The molecule has 2 aromatic carbocycles. The third-order valence-corrected chi connectivity index (χ3v) is 3.98. The lowest BCUT2D eigenvalue weighted by Crippen LogP contribution is -2.37. The van der Waals surface area contributed by atoms with E-state index in [9.17, 15) is 4.79 Å². The summed E-state index contributed by atoms with van der Waals surface area (Å²) in [5.41, 5.74) is 2.67. The van der Waals surface area contributed by atoms with Gasteiger partial charge in [-0.05, 0) is 55.7 Å². The molecule has 0 aromatic heterocycles. The van der Waals surface area contributed by atoms with Crippen molar-refractivity contribution in [3.05, 3.63) is 58.6 Å². The maximum Gasteiger partial charge on any atom is 0.319 e. The summed E-state index contributed by atoms with van der Waals surface area (Å²) in [5, 5.41) is 6.39. The molecule has 2 N–H and O–H groups in total. The maximum atomic E-state index is 12.1. The van der Waals surface area contributed by atoms with E-state index in [2.05, 4.69) is 10.6 Å². The molecule has 0 bridgehead atoms. The van der Waals surface area contributed by atoms with Gasteiger partial charge < -0.3 is 15.4 Å². The number of rotatable bonds is 5. The predicted molar refractivity (Wildman–Crippen MR) is 94.5 cm³/mol. The van der Waals surface area contributed by atoms with Gasteiger partial charge in [-0.1, -0.05) is 29.8 Å². The van der Waals surface area contributed by atoms with E-state index in [1.54, 1.807) is 13.2 Å². The SMILES string of the molecule is COc1cccc(CC(C)NC(=O)Nc2cccc(Cl)c2C)c1. The second-order valence-electron chi connectivity index (χ2n) is 5.47. The van der Waals surface area contributed by atoms with Crippen LogP contribution < -0.4 is 15.4 Å². The minimum atomic E-state index is -0.245. The molecule has 0 aliphatic carbocycles. The molecule has 0 saturated carbocycles. The van der Waals surface area contributed by atoms with Gasteiger partial charge in [0, 0.05) is 16.8 Å². The number of anilines is 1. The summed E-state index contributed by atoms with van der Waals surface area (Å²) < 4.78 is 5.21. The number of halogens is 1. The third-order valence-electron chi connectivity index (χ3n) is 3.57. The Morgan fingerprint density at radius 2 is 2.00 bits per heavy atom. The van der Waals surface area contributed by atoms with Gasteiger partial charge in [0.2, 0.25) is 0 Å². The first-order valence-corrected chi connectivity index (χ1v) is 7.83. The van der Waals surface area contributed by atoms with E-state index in [0.717, 1.165) is 23.3 Å². The second kappa shape index (κ2) is 7.88. The van der Waals surface area contributed by atoms with Crippen LogP contribution in [0.25, 0.3) is 0 Å². The molecule has 23 heavy (non-hydrogen) atoms. The lowest BCUT2D eigenvalue weighted by atomic mass is 10.1. The molecule has 5 heteroatoms. The summed E-state index contributed by atoms with van der Waals surface area (Å²) in [4.78, 5) is 12.1. The van der Waals surface area contributed by atoms with Gasteiger partial charge in [-0.15, -0.1) is 0 Å². The van der Waals surface area contributed by atoms with E-state index >= 15 is 0 Å². The van der Waals surface area contributed by atoms with Crippen LogP contribution in [0.4, 0.5) is 10.5 Å². The van der Waals surface area contributed by atoms with E-state index < -0.39 is 0 Å². The van der Waals surface area contributed by atoms with Crippen LogP contribution in [0.2, 0.25) is 5.02 Å². The smallest absolute Gasteiger partial charge is 0.319 e. The summed E-state index contributed by atoms with van der Waals surface area (Å²) in [7, 11) is 1.64. The van der Waals surface area contributed by atoms with E-state index in [-0.39, 0.29) is 12.1 Å². The zero-order chi connectivity index (χ0) is 16.8. The van der Waals surface area contributed by atoms with Crippen LogP contribution in [-0.2, 0) is 6.42 Å². The van der Waals surface area contributed by atoms with Crippen LogP contribution in [-0.4, -0.2) is 19.2 Å². The van der Waals surface area contributed by atoms with E-state index in [1.165, 1.54) is 0 Å². The number of hydrogen-bond acceptors (Lipinski definition) is 2. The van der Waals surface area contributed by atoms with Crippen molar-refractivity contribution in [1.29, 1.82) is 0 Å². The van der Waals surface area contributed by atoms with Crippen LogP contribution in [0.1, 0.15) is 18.1 Å². The molecule has 0 aliphatic rings. The lowest BCUT2D eigenvalue weighted by molar-refractivity contribution is 0.249. The van der Waals surface area contributed by atoms with E-state index in [1.807, 2.05) is 50.2 Å². The molecule has 2 rings (SSSR count). The monoisotopic (exact) mass is 332 g/mol. The number of carbonyl (C=O) groups excluding carboxylic acids is 1. The van der Waals surface area contributed by atoms with Crippen LogP contribution >= 0.6 is 11.6 Å². The number of hydrogen-bond donors (Lipinski definition) is 2. The van der Waals surface area contributed by atoms with Crippen molar-refractivity contribution in [1.82, 2.24) is 5.32 Å². The van der Waals surface area contributed by atoms with Gasteiger partial charge in [0.25, 0.3) is 0 Å². The van der Waals surface area contributed by atoms with Crippen LogP contribution in [0.15, 0.2) is 42.5 Å². The number of carbonyl (C=O) groups is 1. The fraction of sp³-hybridized carbons (Fsp3) is 0.278. The van der Waals surface area contributed by atoms with Gasteiger partial charge in [0.05, 0.1) is 7.11 Å². The summed E-state index contributed by atoms with van der Waals surface area (Å²) in [5.74, 6) is 0.814. The Morgan fingerprint density at radius 1 is 1.26 bits per heavy atom. The lowest BCUT2D eigenvalue weighted by Gasteiger charge is -2.16. The number of amides is 2. The normalized spacial score (nSPS) is 11.7. The molecular formula is C18H21ClN2O2. The Balaban J connectivity index is 1.93. The highest BCUT2D eigenvalue weighted by Gasteiger charge is 2.10. The van der Waals surface area contributed by atoms with Crippen molar-refractivity contribution in [2.24, 2.45) is 0 Å². The first-order valence-electron chi connectivity index (χ1n) is 7.45. The largest absolute Gasteiger partial charge is 0.497 e. The molecule has 0 fully saturated rings. The van der Waals surface area contributed by atoms with Crippen molar-refractivity contribution < 1.29 is 9.53 Å². The summed E-state index contributed by atoms with van der Waals surface area (Å²) in [6.45, 7) is 3.83. The standard InChI is InChI=1S/C18H21ClN2O2/c1-12(10-14-6-4-7-15(11-14)23-3)20-18(22)21-17-9-5-8-16(19)13(17)2/h4-9,11-12H,10H2,1-3H3,(H2,20,21,22). The van der Waals surface area contributed by atoms with Crippen molar-refractivity contribution in [2.45, 2.75) is 26.3 Å². The predicted octanol–water partition coefficient (Wildman–Crippen LogP) is 4.41. The van der Waals surface area contributed by atoms with Crippen LogP contribution in [0.3, 0.4) is 0 Å². The molecule has 0 saturated heterocycles. The fourth-order valence-electron chi connectivity index (χ4n) is 2.33. The Morgan fingerprint density at radius 3 is 2.74 bits per heavy atom. The Kier molecular flexibility index (Phi) is 5.88. The van der Waals surface area contributed by atoms with Gasteiger partial charge in [-0.3, -0.25) is 0 Å². The van der Waals surface area contributed by atoms with Crippen molar-refractivity contribution >= 4 is 23.3 Å². The number of benzene rings is 2. The van der Waals surface area contributed by atoms with Gasteiger partial charge in [0.1, 0.15) is 5.75 Å². The number of ether oxygens (including phenoxy) is 1. The summed E-state index contributed by atoms with van der Waals surface area (Å²) >= 11 is 6.06. The molecule has 1 unspecified atom stereocenters. The number of urea groups is 1. The number of nitrogens with one attached hydrogen (secondary N) is 2. The summed E-state index contributed by atoms with van der Waals surface area (Å²) in [6, 6.07) is 13.0. The molecule has 2 amide bonds. The van der Waals surface area contributed by atoms with Crippen LogP contribution in [0.5, 0.6) is 5.75 Å². The molecule has 0 radical (unpaired) electrons. The Hall–Kier alpha value is -2.20. The average Bonchev–Trinajstić information content (AvgIpc) is 2.51. The molecule has 0 aliphatic heterocycles. The number of methoxy groups -OCH3 is 1. The van der Waals surface area contributed by atoms with Crippen molar-refractivity contribution in [3.63, 3.8) is 0 Å². The fourth-order valence-corrected chi connectivity index (χ4v) is 2.50. The van der Waals surface area contributed by atoms with Gasteiger partial charge >= 0.3 is 6.03 Å². The second-order valence-corrected chi connectivity index (χ2v) is 5.87. The van der Waals surface area contributed by atoms with E-state index in [4.69, 9.17) is 16.3 Å². The van der Waals surface area contributed by atoms with Crippen LogP contribution in [0, 0.1) is 6.92 Å². The molecule has 2 aromatic rings. The molecule has 4 nitrogen and oxygen atoms in total.